The Bertz CT molecular complexity index is 257. The first-order valence-corrected chi connectivity index (χ1v) is 6.47. The van der Waals surface area contributed by atoms with Crippen molar-refractivity contribution < 1.29 is 9.90 Å². The second-order valence-electron chi connectivity index (χ2n) is 4.20. The maximum atomic E-state index is 12.2. The Morgan fingerprint density at radius 1 is 1.35 bits per heavy atom. The molecule has 0 aliphatic carbocycles. The molecule has 0 aromatic carbocycles. The lowest BCUT2D eigenvalue weighted by Crippen LogP contribution is -2.44. The maximum absolute atomic E-state index is 12.2. The van der Waals surface area contributed by atoms with Crippen LogP contribution in [-0.4, -0.2) is 35.1 Å². The van der Waals surface area contributed by atoms with Gasteiger partial charge in [0.05, 0.1) is 12.7 Å². The van der Waals surface area contributed by atoms with Gasteiger partial charge in [0.15, 0.2) is 0 Å². The third-order valence-corrected chi connectivity index (χ3v) is 3.04. The van der Waals surface area contributed by atoms with Gasteiger partial charge in [0, 0.05) is 12.6 Å². The summed E-state index contributed by atoms with van der Waals surface area (Å²) in [6.45, 7) is 6.28. The van der Waals surface area contributed by atoms with Gasteiger partial charge in [-0.15, -0.1) is 0 Å². The molecule has 0 fully saturated rings. The standard InChI is InChI=1S/C13H24N2O2/c1-4-7-11(10-14)13(17)15(8-9-16)12(5-2)6-3/h11-12,16H,4-9H2,1-3H3. The number of nitriles is 1. The number of rotatable bonds is 8. The molecule has 1 unspecified atom stereocenters. The number of carbonyl (C=O) groups is 1. The minimum absolute atomic E-state index is 0.0491. The second kappa shape index (κ2) is 9.00. The Hall–Kier alpha value is -1.08. The molecule has 98 valence electrons. The van der Waals surface area contributed by atoms with Crippen LogP contribution in [0.3, 0.4) is 0 Å². The molecule has 0 spiro atoms. The van der Waals surface area contributed by atoms with Crippen molar-refractivity contribution >= 4 is 5.91 Å². The summed E-state index contributed by atoms with van der Waals surface area (Å²) in [5, 5.41) is 18.0. The van der Waals surface area contributed by atoms with E-state index in [1.54, 1.807) is 4.90 Å². The fourth-order valence-corrected chi connectivity index (χ4v) is 2.04. The number of hydrogen-bond acceptors (Lipinski definition) is 3. The number of aliphatic hydroxyl groups is 1. The lowest BCUT2D eigenvalue weighted by molar-refractivity contribution is -0.137. The van der Waals surface area contributed by atoms with E-state index in [1.165, 1.54) is 0 Å². The molecule has 4 heteroatoms. The van der Waals surface area contributed by atoms with Gasteiger partial charge in [0.2, 0.25) is 5.91 Å². The van der Waals surface area contributed by atoms with E-state index in [0.29, 0.717) is 13.0 Å². The third-order valence-electron chi connectivity index (χ3n) is 3.04. The maximum Gasteiger partial charge on any atom is 0.240 e. The molecule has 4 nitrogen and oxygen atoms in total. The van der Waals surface area contributed by atoms with Crippen LogP contribution in [0.15, 0.2) is 0 Å². The first-order valence-electron chi connectivity index (χ1n) is 6.47. The smallest absolute Gasteiger partial charge is 0.240 e. The number of aliphatic hydroxyl groups excluding tert-OH is 1. The van der Waals surface area contributed by atoms with Crippen molar-refractivity contribution in [2.24, 2.45) is 5.92 Å². The molecule has 0 saturated carbocycles. The van der Waals surface area contributed by atoms with E-state index in [2.05, 4.69) is 6.07 Å². The highest BCUT2D eigenvalue weighted by atomic mass is 16.3. The van der Waals surface area contributed by atoms with Crippen molar-refractivity contribution in [2.45, 2.75) is 52.5 Å². The van der Waals surface area contributed by atoms with Crippen LogP contribution in [0.1, 0.15) is 46.5 Å². The number of amides is 1. The monoisotopic (exact) mass is 240 g/mol. The SMILES string of the molecule is CCCC(C#N)C(=O)N(CCO)C(CC)CC. The minimum atomic E-state index is -0.563. The Morgan fingerprint density at radius 2 is 1.94 bits per heavy atom. The van der Waals surface area contributed by atoms with Crippen LogP contribution < -0.4 is 0 Å². The summed E-state index contributed by atoms with van der Waals surface area (Å²) in [5.74, 6) is -0.691. The normalized spacial score (nSPS) is 12.2. The molecule has 0 heterocycles. The van der Waals surface area contributed by atoms with E-state index in [0.717, 1.165) is 19.3 Å². The summed E-state index contributed by atoms with van der Waals surface area (Å²) < 4.78 is 0. The predicted molar refractivity (Wildman–Crippen MR) is 67.2 cm³/mol. The van der Waals surface area contributed by atoms with Crippen molar-refractivity contribution in [3.05, 3.63) is 0 Å². The molecule has 0 rings (SSSR count). The zero-order valence-corrected chi connectivity index (χ0v) is 11.1. The lowest BCUT2D eigenvalue weighted by Gasteiger charge is -2.31. The summed E-state index contributed by atoms with van der Waals surface area (Å²) in [5.41, 5.74) is 0. The zero-order chi connectivity index (χ0) is 13.3. The van der Waals surface area contributed by atoms with Crippen LogP contribution in [0.5, 0.6) is 0 Å². The first-order chi connectivity index (χ1) is 8.15. The van der Waals surface area contributed by atoms with E-state index in [1.807, 2.05) is 20.8 Å². The number of nitrogens with zero attached hydrogens (tertiary/aromatic N) is 2. The van der Waals surface area contributed by atoms with Crippen LogP contribution in [0.4, 0.5) is 0 Å². The van der Waals surface area contributed by atoms with Gasteiger partial charge in [-0.3, -0.25) is 4.79 Å². The van der Waals surface area contributed by atoms with Crippen LogP contribution in [0, 0.1) is 17.2 Å². The van der Waals surface area contributed by atoms with Crippen molar-refractivity contribution in [2.75, 3.05) is 13.2 Å². The molecule has 1 N–H and O–H groups in total. The van der Waals surface area contributed by atoms with Crippen LogP contribution in [-0.2, 0) is 4.79 Å². The molecule has 0 bridgehead atoms. The average Bonchev–Trinajstić information content (AvgIpc) is 2.35. The van der Waals surface area contributed by atoms with E-state index in [-0.39, 0.29) is 18.6 Å². The Kier molecular flexibility index (Phi) is 8.43. The third kappa shape index (κ3) is 4.74. The molecular weight excluding hydrogens is 216 g/mol. The quantitative estimate of drug-likeness (QED) is 0.705. The molecule has 0 aliphatic heterocycles. The van der Waals surface area contributed by atoms with Gasteiger partial charge in [-0.05, 0) is 19.3 Å². The van der Waals surface area contributed by atoms with Crippen LogP contribution in [0.2, 0.25) is 0 Å². The number of carbonyl (C=O) groups excluding carboxylic acids is 1. The van der Waals surface area contributed by atoms with E-state index in [9.17, 15) is 4.79 Å². The second-order valence-corrected chi connectivity index (χ2v) is 4.20. The summed E-state index contributed by atoms with van der Waals surface area (Å²) >= 11 is 0. The molecule has 17 heavy (non-hydrogen) atoms. The summed E-state index contributed by atoms with van der Waals surface area (Å²) in [6.07, 6.45) is 3.12. The topological polar surface area (TPSA) is 64.3 Å². The highest BCUT2D eigenvalue weighted by Crippen LogP contribution is 2.15. The van der Waals surface area contributed by atoms with Crippen molar-refractivity contribution in [1.82, 2.24) is 4.90 Å². The molecule has 0 aliphatic rings. The predicted octanol–water partition coefficient (Wildman–Crippen LogP) is 1.94. The van der Waals surface area contributed by atoms with Gasteiger partial charge in [-0.1, -0.05) is 27.2 Å². The van der Waals surface area contributed by atoms with Crippen molar-refractivity contribution in [3.8, 4) is 6.07 Å². The molecule has 0 aromatic heterocycles. The Labute approximate surface area is 104 Å². The van der Waals surface area contributed by atoms with E-state index < -0.39 is 5.92 Å². The van der Waals surface area contributed by atoms with E-state index >= 15 is 0 Å². The van der Waals surface area contributed by atoms with Gasteiger partial charge in [-0.2, -0.15) is 5.26 Å². The Balaban J connectivity index is 4.79. The van der Waals surface area contributed by atoms with Gasteiger partial charge in [-0.25, -0.2) is 0 Å². The van der Waals surface area contributed by atoms with Crippen LogP contribution >= 0.6 is 0 Å². The van der Waals surface area contributed by atoms with E-state index in [4.69, 9.17) is 10.4 Å². The highest BCUT2D eigenvalue weighted by Gasteiger charge is 2.27. The lowest BCUT2D eigenvalue weighted by atomic mass is 10.0. The first kappa shape index (κ1) is 15.9. The zero-order valence-electron chi connectivity index (χ0n) is 11.1. The van der Waals surface area contributed by atoms with Crippen molar-refractivity contribution in [1.29, 1.82) is 5.26 Å². The van der Waals surface area contributed by atoms with Gasteiger partial charge >= 0.3 is 0 Å². The average molecular weight is 240 g/mol. The summed E-state index contributed by atoms with van der Waals surface area (Å²) in [4.78, 5) is 13.9. The molecular formula is C13H24N2O2. The molecule has 0 aromatic rings. The molecule has 0 saturated heterocycles. The van der Waals surface area contributed by atoms with Crippen LogP contribution in [0.25, 0.3) is 0 Å². The molecule has 0 radical (unpaired) electrons. The van der Waals surface area contributed by atoms with Gasteiger partial charge in [0.1, 0.15) is 5.92 Å². The van der Waals surface area contributed by atoms with Crippen molar-refractivity contribution in [3.63, 3.8) is 0 Å². The summed E-state index contributed by atoms with van der Waals surface area (Å²) in [6, 6.07) is 2.20. The Morgan fingerprint density at radius 3 is 2.29 bits per heavy atom. The molecule has 1 amide bonds. The largest absolute Gasteiger partial charge is 0.395 e. The summed E-state index contributed by atoms with van der Waals surface area (Å²) in [7, 11) is 0. The molecule has 1 atom stereocenters. The highest BCUT2D eigenvalue weighted by molar-refractivity contribution is 5.81. The minimum Gasteiger partial charge on any atom is -0.395 e. The fraction of sp³-hybridized carbons (Fsp3) is 0.846. The van der Waals surface area contributed by atoms with Gasteiger partial charge < -0.3 is 10.0 Å². The fourth-order valence-electron chi connectivity index (χ4n) is 2.04. The number of hydrogen-bond donors (Lipinski definition) is 1. The van der Waals surface area contributed by atoms with Gasteiger partial charge in [0.25, 0.3) is 0 Å².